The van der Waals surface area contributed by atoms with Crippen molar-refractivity contribution in [2.24, 2.45) is 0 Å². The van der Waals surface area contributed by atoms with Gasteiger partial charge in [0.2, 0.25) is 0 Å². The molecule has 0 aliphatic carbocycles. The van der Waals surface area contributed by atoms with E-state index in [1.807, 2.05) is 0 Å². The fourth-order valence-electron chi connectivity index (χ4n) is 1.81. The van der Waals surface area contributed by atoms with E-state index in [0.29, 0.717) is 17.5 Å². The van der Waals surface area contributed by atoms with E-state index < -0.39 is 6.10 Å². The summed E-state index contributed by atoms with van der Waals surface area (Å²) in [5.41, 5.74) is 0. The van der Waals surface area contributed by atoms with Crippen LogP contribution in [0, 0.1) is 0 Å². The normalized spacial score (nSPS) is 20.1. The first-order chi connectivity index (χ1) is 6.75. The summed E-state index contributed by atoms with van der Waals surface area (Å²) in [7, 11) is 0. The van der Waals surface area contributed by atoms with Crippen molar-refractivity contribution >= 4 is 11.6 Å². The molecule has 2 heterocycles. The second kappa shape index (κ2) is 4.34. The lowest BCUT2D eigenvalue weighted by atomic mass is 10.2. The number of β-amino-alcohol motifs (C(OH)–C–C–N with tert-alkyl or cyclic N) is 1. The summed E-state index contributed by atoms with van der Waals surface area (Å²) in [6.45, 7) is 2.79. The lowest BCUT2D eigenvalue weighted by Crippen LogP contribution is -2.25. The molecular formula is C10H14ClNO2. The molecule has 1 aliphatic rings. The zero-order chi connectivity index (χ0) is 9.97. The van der Waals surface area contributed by atoms with Crippen molar-refractivity contribution < 1.29 is 9.52 Å². The summed E-state index contributed by atoms with van der Waals surface area (Å²) in [5, 5.41) is 10.1. The molecule has 1 fully saturated rings. The Kier molecular flexibility index (Phi) is 3.11. The summed E-state index contributed by atoms with van der Waals surface area (Å²) < 4.78 is 5.14. The van der Waals surface area contributed by atoms with Gasteiger partial charge in [-0.15, -0.1) is 0 Å². The lowest BCUT2D eigenvalue weighted by Gasteiger charge is -2.17. The smallest absolute Gasteiger partial charge is 0.193 e. The molecule has 4 heteroatoms. The highest BCUT2D eigenvalue weighted by Crippen LogP contribution is 2.21. The molecule has 0 saturated carbocycles. The minimum Gasteiger partial charge on any atom is -0.447 e. The van der Waals surface area contributed by atoms with Crippen molar-refractivity contribution in [3.8, 4) is 0 Å². The van der Waals surface area contributed by atoms with Crippen LogP contribution in [0.5, 0.6) is 0 Å². The van der Waals surface area contributed by atoms with Crippen LogP contribution in [0.4, 0.5) is 0 Å². The van der Waals surface area contributed by atoms with E-state index in [2.05, 4.69) is 4.90 Å². The molecule has 3 nitrogen and oxygen atoms in total. The van der Waals surface area contributed by atoms with Gasteiger partial charge in [-0.3, -0.25) is 0 Å². The summed E-state index contributed by atoms with van der Waals surface area (Å²) in [5.74, 6) is 0.557. The van der Waals surface area contributed by atoms with Crippen molar-refractivity contribution in [3.63, 3.8) is 0 Å². The van der Waals surface area contributed by atoms with E-state index in [4.69, 9.17) is 16.0 Å². The van der Waals surface area contributed by atoms with Gasteiger partial charge in [-0.1, -0.05) is 0 Å². The van der Waals surface area contributed by atoms with Crippen LogP contribution in [0.1, 0.15) is 24.7 Å². The Bertz CT molecular complexity index is 294. The second-order valence-electron chi connectivity index (χ2n) is 3.67. The predicted octanol–water partition coefficient (Wildman–Crippen LogP) is 2.06. The molecule has 0 bridgehead atoms. The number of hydrogen-bond acceptors (Lipinski definition) is 3. The number of halogens is 1. The van der Waals surface area contributed by atoms with Crippen LogP contribution in [0.25, 0.3) is 0 Å². The Labute approximate surface area is 88.3 Å². The van der Waals surface area contributed by atoms with Gasteiger partial charge >= 0.3 is 0 Å². The van der Waals surface area contributed by atoms with Crippen molar-refractivity contribution in [3.05, 3.63) is 23.1 Å². The summed E-state index contributed by atoms with van der Waals surface area (Å²) in [4.78, 5) is 2.24. The van der Waals surface area contributed by atoms with Crippen LogP contribution in [0.3, 0.4) is 0 Å². The molecule has 1 aromatic rings. The first-order valence-electron chi connectivity index (χ1n) is 4.91. The van der Waals surface area contributed by atoms with Gasteiger partial charge < -0.3 is 14.4 Å². The average Bonchev–Trinajstić information content (AvgIpc) is 2.75. The van der Waals surface area contributed by atoms with E-state index in [0.717, 1.165) is 13.1 Å². The number of aliphatic hydroxyl groups excluding tert-OH is 1. The quantitative estimate of drug-likeness (QED) is 0.839. The number of rotatable bonds is 3. The van der Waals surface area contributed by atoms with Gasteiger partial charge in [0.15, 0.2) is 5.22 Å². The number of nitrogens with zero attached hydrogens (tertiary/aromatic N) is 1. The lowest BCUT2D eigenvalue weighted by molar-refractivity contribution is 0.105. The van der Waals surface area contributed by atoms with Crippen LogP contribution in [0.15, 0.2) is 16.5 Å². The zero-order valence-electron chi connectivity index (χ0n) is 7.95. The fraction of sp³-hybridized carbons (Fsp3) is 0.600. The van der Waals surface area contributed by atoms with Crippen LogP contribution < -0.4 is 0 Å². The van der Waals surface area contributed by atoms with E-state index in [9.17, 15) is 5.11 Å². The van der Waals surface area contributed by atoms with Gasteiger partial charge in [-0.2, -0.15) is 0 Å². The van der Waals surface area contributed by atoms with E-state index in [1.54, 1.807) is 12.1 Å². The SMILES string of the molecule is OC(CN1CCCC1)c1ccc(Cl)o1. The first-order valence-corrected chi connectivity index (χ1v) is 5.29. The molecule has 0 aromatic carbocycles. The topological polar surface area (TPSA) is 36.6 Å². The third-order valence-electron chi connectivity index (χ3n) is 2.55. The van der Waals surface area contributed by atoms with Gasteiger partial charge in [0.1, 0.15) is 11.9 Å². The van der Waals surface area contributed by atoms with Gasteiger partial charge in [-0.25, -0.2) is 0 Å². The van der Waals surface area contributed by atoms with Crippen molar-refractivity contribution in [2.75, 3.05) is 19.6 Å². The minimum absolute atomic E-state index is 0.334. The van der Waals surface area contributed by atoms with Crippen molar-refractivity contribution in [1.82, 2.24) is 4.90 Å². The number of aliphatic hydroxyl groups is 1. The Morgan fingerprint density at radius 2 is 2.14 bits per heavy atom. The monoisotopic (exact) mass is 215 g/mol. The Morgan fingerprint density at radius 3 is 2.71 bits per heavy atom. The summed E-state index contributed by atoms with van der Waals surface area (Å²) in [6.07, 6.45) is 1.90. The Balaban J connectivity index is 1.91. The fourth-order valence-corrected chi connectivity index (χ4v) is 1.96. The van der Waals surface area contributed by atoms with Crippen LogP contribution in [-0.4, -0.2) is 29.6 Å². The average molecular weight is 216 g/mol. The van der Waals surface area contributed by atoms with Crippen LogP contribution in [0.2, 0.25) is 5.22 Å². The molecule has 1 aromatic heterocycles. The molecule has 0 spiro atoms. The van der Waals surface area contributed by atoms with Gasteiger partial charge in [0.25, 0.3) is 0 Å². The second-order valence-corrected chi connectivity index (χ2v) is 4.04. The van der Waals surface area contributed by atoms with Crippen LogP contribution in [-0.2, 0) is 0 Å². The maximum atomic E-state index is 9.80. The Hall–Kier alpha value is -0.510. The van der Waals surface area contributed by atoms with E-state index >= 15 is 0 Å². The zero-order valence-corrected chi connectivity index (χ0v) is 8.70. The number of hydrogen-bond donors (Lipinski definition) is 1. The predicted molar refractivity (Wildman–Crippen MR) is 54.4 cm³/mol. The molecular weight excluding hydrogens is 202 g/mol. The highest BCUT2D eigenvalue weighted by atomic mass is 35.5. The summed E-state index contributed by atoms with van der Waals surface area (Å²) in [6, 6.07) is 3.38. The third kappa shape index (κ3) is 2.29. The van der Waals surface area contributed by atoms with E-state index in [1.165, 1.54) is 12.8 Å². The molecule has 2 rings (SSSR count). The van der Waals surface area contributed by atoms with Crippen molar-refractivity contribution in [1.29, 1.82) is 0 Å². The van der Waals surface area contributed by atoms with Gasteiger partial charge in [0, 0.05) is 6.54 Å². The molecule has 1 atom stereocenters. The third-order valence-corrected chi connectivity index (χ3v) is 2.76. The maximum absolute atomic E-state index is 9.80. The molecule has 1 N–H and O–H groups in total. The summed E-state index contributed by atoms with van der Waals surface area (Å²) >= 11 is 5.63. The maximum Gasteiger partial charge on any atom is 0.193 e. The standard InChI is InChI=1S/C10H14ClNO2/c11-10-4-3-9(14-10)8(13)7-12-5-1-2-6-12/h3-4,8,13H,1-2,5-7H2. The Morgan fingerprint density at radius 1 is 1.43 bits per heavy atom. The highest BCUT2D eigenvalue weighted by molar-refractivity contribution is 6.28. The minimum atomic E-state index is -0.555. The number of furan rings is 1. The molecule has 14 heavy (non-hydrogen) atoms. The molecule has 1 aliphatic heterocycles. The van der Waals surface area contributed by atoms with Crippen molar-refractivity contribution in [2.45, 2.75) is 18.9 Å². The molecule has 78 valence electrons. The number of likely N-dealkylation sites (tertiary alicyclic amines) is 1. The molecule has 1 saturated heterocycles. The first kappa shape index (κ1) is 10.0. The molecule has 1 unspecified atom stereocenters. The largest absolute Gasteiger partial charge is 0.447 e. The van der Waals surface area contributed by atoms with Gasteiger partial charge in [-0.05, 0) is 49.7 Å². The highest BCUT2D eigenvalue weighted by Gasteiger charge is 2.18. The molecule has 0 radical (unpaired) electrons. The van der Waals surface area contributed by atoms with Gasteiger partial charge in [0.05, 0.1) is 0 Å². The van der Waals surface area contributed by atoms with E-state index in [-0.39, 0.29) is 0 Å². The molecule has 0 amide bonds. The van der Waals surface area contributed by atoms with Crippen LogP contribution >= 0.6 is 11.6 Å².